The van der Waals surface area contributed by atoms with E-state index in [0.717, 1.165) is 140 Å². The molecule has 0 atom stereocenters. The van der Waals surface area contributed by atoms with Gasteiger partial charge in [-0.15, -0.1) is 0 Å². The van der Waals surface area contributed by atoms with Gasteiger partial charge in [-0.1, -0.05) is 442 Å². The summed E-state index contributed by atoms with van der Waals surface area (Å²) in [6, 6.07) is 170. The molecule has 24 rings (SSSR count). The first-order valence-corrected chi connectivity index (χ1v) is 50.6. The summed E-state index contributed by atoms with van der Waals surface area (Å²) in [5, 5.41) is 65.6. The molecule has 0 aliphatic rings. The van der Waals surface area contributed by atoms with Crippen LogP contribution in [-0.2, 0) is 66.7 Å². The number of hydrogen-bond acceptors (Lipinski definition) is 5. The SMILES string of the molecule is Cc1ccc(C(O)(Cc2cn(-c3ccccc3)c3ccccc23)c2ccc(C)cc2)cc1.OC(Cc1c[nH]c2ccccc12)(c1ccccc1)c1ccccc1.OC(Cc1cn(-c2ccccc2)c2ccccc12)(c1ccc(F)cc1)c1ccc(F)cc1.OC(Cc1cn(-c2ccccc2)c2ccccc12)(c1ccccc1)c1ccccc1.OC(Cc1cn(Cc2ccccc2)c2ccccc12)(c1ccccc1)c1ccccc1. The van der Waals surface area contributed by atoms with Gasteiger partial charge in [0, 0.05) is 125 Å². The number of hydrogen-bond donors (Lipinski definition) is 6. The number of aromatic amines is 1. The lowest BCUT2D eigenvalue weighted by atomic mass is 9.81. The van der Waals surface area contributed by atoms with Gasteiger partial charge in [0.1, 0.15) is 39.6 Å². The third-order valence-corrected chi connectivity index (χ3v) is 28.7. The first kappa shape index (κ1) is 98.9. The summed E-state index contributed by atoms with van der Waals surface area (Å²) in [6.45, 7) is 4.95. The van der Waals surface area contributed by atoms with Crippen molar-refractivity contribution in [2.45, 2.75) is 80.5 Å². The van der Waals surface area contributed by atoms with E-state index >= 15 is 0 Å². The molecule has 0 radical (unpaired) electrons. The number of H-pyrrole nitrogens is 1. The second-order valence-corrected chi connectivity index (χ2v) is 38.4. The summed E-state index contributed by atoms with van der Waals surface area (Å²) in [4.78, 5) is 3.30. The van der Waals surface area contributed by atoms with Crippen LogP contribution in [0, 0.1) is 25.5 Å². The number of nitrogens with zero attached hydrogens (tertiary/aromatic N) is 4. The molecule has 24 aromatic rings. The number of rotatable bonds is 25. The highest BCUT2D eigenvalue weighted by Crippen LogP contribution is 2.44. The fourth-order valence-corrected chi connectivity index (χ4v) is 20.9. The predicted molar refractivity (Wildman–Crippen MR) is 603 cm³/mol. The van der Waals surface area contributed by atoms with E-state index in [1.54, 1.807) is 24.3 Å². The second kappa shape index (κ2) is 44.6. The molecule has 0 unspecified atom stereocenters. The molecule has 10 nitrogen and oxygen atoms in total. The molecule has 0 fully saturated rings. The number of halogens is 2. The van der Waals surface area contributed by atoms with E-state index in [4.69, 9.17) is 0 Å². The topological polar surface area (TPSA) is 137 Å². The molecule has 0 saturated heterocycles. The highest BCUT2D eigenvalue weighted by Gasteiger charge is 2.39. The molecule has 0 aliphatic heterocycles. The quantitative estimate of drug-likeness (QED) is 0.0339. The molecular formula is C137H115F2N5O5. The van der Waals surface area contributed by atoms with Crippen molar-refractivity contribution in [1.29, 1.82) is 0 Å². The number of nitrogens with one attached hydrogen (secondary N) is 1. The molecule has 0 saturated carbocycles. The van der Waals surface area contributed by atoms with Crippen LogP contribution in [0.15, 0.2) is 553 Å². The Hall–Kier alpha value is -17.5. The van der Waals surface area contributed by atoms with Crippen LogP contribution in [0.4, 0.5) is 8.78 Å². The van der Waals surface area contributed by atoms with E-state index in [9.17, 15) is 34.3 Å². The summed E-state index contributed by atoms with van der Waals surface area (Å²) < 4.78 is 36.1. The molecule has 12 heteroatoms. The van der Waals surface area contributed by atoms with Crippen molar-refractivity contribution in [3.63, 3.8) is 0 Å². The smallest absolute Gasteiger partial charge is 0.123 e. The van der Waals surface area contributed by atoms with Crippen LogP contribution in [0.5, 0.6) is 0 Å². The van der Waals surface area contributed by atoms with E-state index in [1.807, 2.05) is 316 Å². The third kappa shape index (κ3) is 21.7. The summed E-state index contributed by atoms with van der Waals surface area (Å²) in [7, 11) is 0. The van der Waals surface area contributed by atoms with Gasteiger partial charge in [-0.2, -0.15) is 0 Å². The number of para-hydroxylation sites is 8. The average Bonchev–Trinajstić information content (AvgIpc) is 1.67. The molecule has 732 valence electrons. The summed E-state index contributed by atoms with van der Waals surface area (Å²) >= 11 is 0. The van der Waals surface area contributed by atoms with Crippen molar-refractivity contribution in [1.82, 2.24) is 23.3 Å². The van der Waals surface area contributed by atoms with Crippen LogP contribution in [0.1, 0.15) is 100 Å². The Morgan fingerprint density at radius 1 is 0.208 bits per heavy atom. The molecule has 19 aromatic carbocycles. The van der Waals surface area contributed by atoms with Gasteiger partial charge in [0.2, 0.25) is 0 Å². The lowest BCUT2D eigenvalue weighted by Crippen LogP contribution is -2.30. The molecule has 5 heterocycles. The highest BCUT2D eigenvalue weighted by molar-refractivity contribution is 5.89. The Bertz CT molecular complexity index is 8080. The number of aliphatic hydroxyl groups is 5. The molecule has 6 N–H and O–H groups in total. The van der Waals surface area contributed by atoms with E-state index in [0.29, 0.717) is 36.8 Å². The maximum atomic E-state index is 13.6. The highest BCUT2D eigenvalue weighted by atomic mass is 19.1. The number of fused-ring (bicyclic) bond motifs is 5. The Labute approximate surface area is 868 Å². The van der Waals surface area contributed by atoms with Crippen LogP contribution in [0.2, 0.25) is 0 Å². The van der Waals surface area contributed by atoms with Gasteiger partial charge in [0.15, 0.2) is 0 Å². The summed E-state index contributed by atoms with van der Waals surface area (Å²) in [6.07, 6.45) is 12.8. The zero-order chi connectivity index (χ0) is 102. The Morgan fingerprint density at radius 3 is 0.718 bits per heavy atom. The van der Waals surface area contributed by atoms with E-state index < -0.39 is 28.0 Å². The van der Waals surface area contributed by atoms with Gasteiger partial charge in [0.05, 0.1) is 16.6 Å². The Morgan fingerprint density at radius 2 is 0.423 bits per heavy atom. The lowest BCUT2D eigenvalue weighted by Gasteiger charge is -2.30. The summed E-state index contributed by atoms with van der Waals surface area (Å²) in [5.74, 6) is -0.758. The zero-order valence-electron chi connectivity index (χ0n) is 83.1. The molecule has 0 aliphatic carbocycles. The second-order valence-electron chi connectivity index (χ2n) is 38.4. The monoisotopic (exact) mass is 1950 g/mol. The number of aryl methyl sites for hydroxylation is 2. The minimum Gasteiger partial charge on any atom is -0.380 e. The lowest BCUT2D eigenvalue weighted by molar-refractivity contribution is 0.0809. The van der Waals surface area contributed by atoms with Crippen molar-refractivity contribution in [2.24, 2.45) is 0 Å². The van der Waals surface area contributed by atoms with Crippen LogP contribution in [0.3, 0.4) is 0 Å². The normalized spacial score (nSPS) is 11.7. The molecule has 149 heavy (non-hydrogen) atoms. The molecular weight excluding hydrogens is 1830 g/mol. The maximum absolute atomic E-state index is 13.6. The van der Waals surface area contributed by atoms with Gasteiger partial charge in [-0.25, -0.2) is 8.78 Å². The Balaban J connectivity index is 0.000000113. The minimum absolute atomic E-state index is 0.241. The van der Waals surface area contributed by atoms with Gasteiger partial charge < -0.3 is 48.8 Å². The van der Waals surface area contributed by atoms with Crippen molar-refractivity contribution >= 4 is 54.5 Å². The zero-order valence-corrected chi connectivity index (χ0v) is 83.1. The number of benzene rings is 19. The number of aromatic nitrogens is 5. The molecule has 0 bridgehead atoms. The fourth-order valence-electron chi connectivity index (χ4n) is 20.9. The van der Waals surface area contributed by atoms with Crippen LogP contribution in [0.25, 0.3) is 71.6 Å². The Kier molecular flexibility index (Phi) is 29.6. The van der Waals surface area contributed by atoms with E-state index in [1.165, 1.54) is 51.9 Å². The average molecular weight is 1950 g/mol. The standard InChI is InChI=1S/C30H27NO.C29H25NO.C28H21F2NO.C28H23NO.C22H19NO/c1-22-12-16-25(17-13-22)30(32,26-18-14-23(2)15-19-26)20-24-21-31(27-8-4-3-5-9-27)29-11-7-6-10-28(24)29;31-29(25-14-6-2-7-15-25,26-16-8-3-9-17-26)20-24-22-30(21-23-12-4-1-5-13-23)28-19-11-10-18-27(24)28;29-23-14-10-21(11-15-23)28(32,22-12-16-24(30)17-13-22)18-20-19-31(25-6-2-1-3-7-25)27-9-5-4-8-26(20)27;30-28(23-12-4-1-5-13-23,24-14-6-2-7-15-24)20-22-21-29(25-16-8-3-9-17-25)27-19-11-10-18-26(22)27;24-22(18-9-3-1-4-10-18,19-11-5-2-6-12-19)15-17-16-23-21-14-8-7-13-20(17)21/h3-19,21,32H,20H2,1-2H3;1-19,22,31H,20-21H2;1-17,19,32H,18H2;1-19,21,30H,20H2;1-14,16,23-24H,15H2. The van der Waals surface area contributed by atoms with Crippen molar-refractivity contribution in [2.75, 3.05) is 0 Å². The largest absolute Gasteiger partial charge is 0.380 e. The van der Waals surface area contributed by atoms with Crippen molar-refractivity contribution < 1.29 is 34.3 Å². The van der Waals surface area contributed by atoms with Crippen molar-refractivity contribution in [3.05, 3.63) is 664 Å². The molecule has 0 spiro atoms. The van der Waals surface area contributed by atoms with E-state index in [-0.39, 0.29) is 18.1 Å². The van der Waals surface area contributed by atoms with Crippen LogP contribution >= 0.6 is 0 Å². The van der Waals surface area contributed by atoms with Gasteiger partial charge in [0.25, 0.3) is 0 Å². The minimum atomic E-state index is -1.47. The first-order chi connectivity index (χ1) is 72.9. The summed E-state index contributed by atoms with van der Waals surface area (Å²) in [5.41, 5.74) is 20.3. The maximum Gasteiger partial charge on any atom is 0.123 e. The van der Waals surface area contributed by atoms with Gasteiger partial charge in [-0.3, -0.25) is 0 Å². The van der Waals surface area contributed by atoms with Crippen LogP contribution < -0.4 is 0 Å². The fraction of sp³-hybridized carbons (Fsp3) is 0.0949. The van der Waals surface area contributed by atoms with Crippen LogP contribution in [-0.4, -0.2) is 48.8 Å². The molecule has 5 aromatic heterocycles. The van der Waals surface area contributed by atoms with Crippen molar-refractivity contribution in [3.8, 4) is 17.1 Å². The van der Waals surface area contributed by atoms with Gasteiger partial charge >= 0.3 is 0 Å². The van der Waals surface area contributed by atoms with Gasteiger partial charge in [-0.05, 0) is 194 Å². The first-order valence-electron chi connectivity index (χ1n) is 50.6. The molecule has 0 amide bonds. The predicted octanol–water partition coefficient (Wildman–Crippen LogP) is 30.0. The third-order valence-electron chi connectivity index (χ3n) is 28.7. The van der Waals surface area contributed by atoms with E-state index in [2.05, 4.69) is 226 Å².